The van der Waals surface area contributed by atoms with Crippen LogP contribution in [-0.2, 0) is 0 Å². The van der Waals surface area contributed by atoms with Crippen LogP contribution in [0, 0.1) is 6.92 Å². The van der Waals surface area contributed by atoms with Crippen molar-refractivity contribution in [3.05, 3.63) is 24.0 Å². The molecule has 1 fully saturated rings. The fourth-order valence-electron chi connectivity index (χ4n) is 1.75. The molecule has 1 saturated heterocycles. The monoisotopic (exact) mass is 178 g/mol. The topological polar surface area (TPSA) is 36.4 Å². The third-order valence-corrected chi connectivity index (χ3v) is 2.52. The number of aryl methyl sites for hydroxylation is 1. The first kappa shape index (κ1) is 8.51. The Balaban J connectivity index is 2.21. The molecule has 1 atom stereocenters. The van der Waals surface area contributed by atoms with Gasteiger partial charge >= 0.3 is 0 Å². The molecule has 3 nitrogen and oxygen atoms in total. The number of aliphatic hydroxyl groups excluding tert-OH is 1. The van der Waals surface area contributed by atoms with Gasteiger partial charge in [0.05, 0.1) is 18.0 Å². The molecule has 2 rings (SSSR count). The maximum Gasteiger partial charge on any atom is 0.0731 e. The van der Waals surface area contributed by atoms with Crippen LogP contribution < -0.4 is 4.90 Å². The SMILES string of the molecule is Cc1ccncc1N1CC[C@H](O)C1. The summed E-state index contributed by atoms with van der Waals surface area (Å²) in [6, 6.07) is 2.00. The second kappa shape index (κ2) is 3.34. The second-order valence-electron chi connectivity index (χ2n) is 3.55. The number of nitrogens with zero attached hydrogens (tertiary/aromatic N) is 2. The number of hydrogen-bond acceptors (Lipinski definition) is 3. The van der Waals surface area contributed by atoms with Gasteiger partial charge in [-0.15, -0.1) is 0 Å². The molecule has 70 valence electrons. The van der Waals surface area contributed by atoms with E-state index in [1.54, 1.807) is 6.20 Å². The van der Waals surface area contributed by atoms with Crippen LogP contribution in [-0.4, -0.2) is 29.3 Å². The van der Waals surface area contributed by atoms with Gasteiger partial charge in [-0.05, 0) is 25.0 Å². The number of β-amino-alcohol motifs (C(OH)–C–C–N with tert-alkyl or cyclic N) is 1. The van der Waals surface area contributed by atoms with Crippen LogP contribution in [0.1, 0.15) is 12.0 Å². The first-order chi connectivity index (χ1) is 6.27. The quantitative estimate of drug-likeness (QED) is 0.696. The zero-order chi connectivity index (χ0) is 9.26. The number of aliphatic hydroxyl groups is 1. The average Bonchev–Trinajstić information content (AvgIpc) is 2.53. The Labute approximate surface area is 78.0 Å². The van der Waals surface area contributed by atoms with Gasteiger partial charge in [-0.1, -0.05) is 0 Å². The smallest absolute Gasteiger partial charge is 0.0731 e. The summed E-state index contributed by atoms with van der Waals surface area (Å²) < 4.78 is 0. The normalized spacial score (nSPS) is 22.3. The number of aromatic nitrogens is 1. The van der Waals surface area contributed by atoms with E-state index in [-0.39, 0.29) is 6.10 Å². The van der Waals surface area contributed by atoms with Gasteiger partial charge in [-0.2, -0.15) is 0 Å². The van der Waals surface area contributed by atoms with E-state index < -0.39 is 0 Å². The molecule has 0 aliphatic carbocycles. The van der Waals surface area contributed by atoms with Gasteiger partial charge in [0.15, 0.2) is 0 Å². The molecule has 1 N–H and O–H groups in total. The first-order valence-corrected chi connectivity index (χ1v) is 4.61. The lowest BCUT2D eigenvalue weighted by Gasteiger charge is -2.19. The summed E-state index contributed by atoms with van der Waals surface area (Å²) in [6.45, 7) is 3.75. The summed E-state index contributed by atoms with van der Waals surface area (Å²) in [5.41, 5.74) is 2.38. The van der Waals surface area contributed by atoms with E-state index in [0.29, 0.717) is 0 Å². The third kappa shape index (κ3) is 1.65. The molecule has 1 aromatic heterocycles. The maximum atomic E-state index is 9.39. The Morgan fingerprint density at radius 3 is 3.08 bits per heavy atom. The van der Waals surface area contributed by atoms with Crippen molar-refractivity contribution in [1.82, 2.24) is 4.98 Å². The molecule has 2 heterocycles. The maximum absolute atomic E-state index is 9.39. The molecule has 1 aliphatic heterocycles. The Kier molecular flexibility index (Phi) is 2.19. The zero-order valence-corrected chi connectivity index (χ0v) is 7.77. The van der Waals surface area contributed by atoms with Crippen molar-refractivity contribution in [2.45, 2.75) is 19.4 Å². The standard InChI is InChI=1S/C10H14N2O/c1-8-2-4-11-6-10(8)12-5-3-9(13)7-12/h2,4,6,9,13H,3,5,7H2,1H3/t9-/m0/s1. The van der Waals surface area contributed by atoms with Crippen molar-refractivity contribution in [2.24, 2.45) is 0 Å². The highest BCUT2D eigenvalue weighted by molar-refractivity contribution is 5.51. The van der Waals surface area contributed by atoms with E-state index in [2.05, 4.69) is 16.8 Å². The van der Waals surface area contributed by atoms with E-state index in [0.717, 1.165) is 25.2 Å². The Bertz CT molecular complexity index is 301. The Hall–Kier alpha value is -1.09. The van der Waals surface area contributed by atoms with Gasteiger partial charge in [0.1, 0.15) is 0 Å². The number of pyridine rings is 1. The fraction of sp³-hybridized carbons (Fsp3) is 0.500. The lowest BCUT2D eigenvalue weighted by atomic mass is 10.2. The molecule has 0 spiro atoms. The van der Waals surface area contributed by atoms with E-state index in [9.17, 15) is 5.11 Å². The van der Waals surface area contributed by atoms with Crippen molar-refractivity contribution in [1.29, 1.82) is 0 Å². The van der Waals surface area contributed by atoms with Gasteiger partial charge in [0, 0.05) is 19.3 Å². The number of hydrogen-bond donors (Lipinski definition) is 1. The summed E-state index contributed by atoms with van der Waals surface area (Å²) in [6.07, 6.45) is 4.37. The molecule has 1 aromatic rings. The van der Waals surface area contributed by atoms with Crippen LogP contribution in [0.5, 0.6) is 0 Å². The molecule has 3 heteroatoms. The molecule has 0 amide bonds. The van der Waals surface area contributed by atoms with Gasteiger partial charge < -0.3 is 10.0 Å². The predicted octanol–water partition coefficient (Wildman–Crippen LogP) is 0.961. The van der Waals surface area contributed by atoms with Gasteiger partial charge in [-0.3, -0.25) is 4.98 Å². The Morgan fingerprint density at radius 1 is 1.62 bits per heavy atom. The lowest BCUT2D eigenvalue weighted by Crippen LogP contribution is -2.22. The lowest BCUT2D eigenvalue weighted by molar-refractivity contribution is 0.198. The summed E-state index contributed by atoms with van der Waals surface area (Å²) in [5.74, 6) is 0. The van der Waals surface area contributed by atoms with Crippen molar-refractivity contribution in [3.8, 4) is 0 Å². The molecule has 0 radical (unpaired) electrons. The van der Waals surface area contributed by atoms with Crippen LogP contribution in [0.3, 0.4) is 0 Å². The summed E-state index contributed by atoms with van der Waals surface area (Å²) in [5, 5.41) is 9.39. The van der Waals surface area contributed by atoms with Crippen LogP contribution in [0.2, 0.25) is 0 Å². The highest BCUT2D eigenvalue weighted by Crippen LogP contribution is 2.22. The molecule has 0 unspecified atom stereocenters. The van der Waals surface area contributed by atoms with Gasteiger partial charge in [0.2, 0.25) is 0 Å². The number of rotatable bonds is 1. The van der Waals surface area contributed by atoms with Crippen LogP contribution in [0.25, 0.3) is 0 Å². The molecular formula is C10H14N2O. The largest absolute Gasteiger partial charge is 0.391 e. The van der Waals surface area contributed by atoms with Crippen molar-refractivity contribution in [3.63, 3.8) is 0 Å². The molecule has 1 aliphatic rings. The van der Waals surface area contributed by atoms with Crippen molar-refractivity contribution in [2.75, 3.05) is 18.0 Å². The average molecular weight is 178 g/mol. The van der Waals surface area contributed by atoms with E-state index in [1.165, 1.54) is 5.56 Å². The minimum Gasteiger partial charge on any atom is -0.391 e. The van der Waals surface area contributed by atoms with Crippen LogP contribution >= 0.6 is 0 Å². The first-order valence-electron chi connectivity index (χ1n) is 4.61. The van der Waals surface area contributed by atoms with Gasteiger partial charge in [-0.25, -0.2) is 0 Å². The highest BCUT2D eigenvalue weighted by atomic mass is 16.3. The van der Waals surface area contributed by atoms with Gasteiger partial charge in [0.25, 0.3) is 0 Å². The summed E-state index contributed by atoms with van der Waals surface area (Å²) in [4.78, 5) is 6.28. The van der Waals surface area contributed by atoms with Crippen LogP contribution in [0.4, 0.5) is 5.69 Å². The zero-order valence-electron chi connectivity index (χ0n) is 7.77. The molecular weight excluding hydrogens is 164 g/mol. The fourth-order valence-corrected chi connectivity index (χ4v) is 1.75. The summed E-state index contributed by atoms with van der Waals surface area (Å²) in [7, 11) is 0. The minimum atomic E-state index is -0.167. The van der Waals surface area contributed by atoms with E-state index in [4.69, 9.17) is 0 Å². The summed E-state index contributed by atoms with van der Waals surface area (Å²) >= 11 is 0. The van der Waals surface area contributed by atoms with Crippen molar-refractivity contribution < 1.29 is 5.11 Å². The Morgan fingerprint density at radius 2 is 2.46 bits per heavy atom. The number of anilines is 1. The van der Waals surface area contributed by atoms with E-state index >= 15 is 0 Å². The molecule has 0 saturated carbocycles. The second-order valence-corrected chi connectivity index (χ2v) is 3.55. The van der Waals surface area contributed by atoms with Crippen LogP contribution in [0.15, 0.2) is 18.5 Å². The molecule has 0 aromatic carbocycles. The molecule has 0 bridgehead atoms. The highest BCUT2D eigenvalue weighted by Gasteiger charge is 2.21. The van der Waals surface area contributed by atoms with Crippen molar-refractivity contribution >= 4 is 5.69 Å². The minimum absolute atomic E-state index is 0.167. The third-order valence-electron chi connectivity index (χ3n) is 2.52. The predicted molar refractivity (Wildman–Crippen MR) is 51.8 cm³/mol. The van der Waals surface area contributed by atoms with E-state index in [1.807, 2.05) is 12.3 Å². The molecule has 13 heavy (non-hydrogen) atoms.